The van der Waals surface area contributed by atoms with Gasteiger partial charge in [-0.3, -0.25) is 14.2 Å². The van der Waals surface area contributed by atoms with Gasteiger partial charge in [-0.15, -0.1) is 0 Å². The molecule has 0 N–H and O–H groups in total. The molecule has 418 valence electrons. The van der Waals surface area contributed by atoms with E-state index in [9.17, 15) is 19.0 Å². The van der Waals surface area contributed by atoms with Gasteiger partial charge < -0.3 is 27.9 Å². The van der Waals surface area contributed by atoms with Gasteiger partial charge in [0.1, 0.15) is 19.8 Å². The Hall–Kier alpha value is -2.55. The number of nitrogens with zero attached hydrogens (tertiary/aromatic N) is 1. The fourth-order valence-electron chi connectivity index (χ4n) is 8.19. The molecular weight excluding hydrogens is 918 g/mol. The number of phosphoric ester groups is 1. The molecule has 0 radical (unpaired) electrons. The second kappa shape index (κ2) is 53.3. The summed E-state index contributed by atoms with van der Waals surface area (Å²) in [5, 5.41) is 0. The number of esters is 2. The van der Waals surface area contributed by atoms with E-state index in [0.717, 1.165) is 77.0 Å². The molecule has 0 fully saturated rings. The lowest BCUT2D eigenvalue weighted by Crippen LogP contribution is -2.37. The van der Waals surface area contributed by atoms with E-state index in [-0.39, 0.29) is 32.0 Å². The zero-order valence-corrected chi connectivity index (χ0v) is 48.3. The quantitative estimate of drug-likeness (QED) is 0.0195. The first-order chi connectivity index (χ1) is 35.0. The second-order valence-corrected chi connectivity index (χ2v) is 22.4. The number of likely N-dealkylation sites (N-methyl/N-ethyl adjacent to an activating group) is 1. The lowest BCUT2D eigenvalue weighted by atomic mass is 10.0. The van der Waals surface area contributed by atoms with E-state index in [4.69, 9.17) is 18.5 Å². The monoisotopic (exact) mass is 1030 g/mol. The van der Waals surface area contributed by atoms with E-state index in [1.807, 2.05) is 21.1 Å². The maximum atomic E-state index is 12.8. The van der Waals surface area contributed by atoms with Crippen LogP contribution >= 0.6 is 7.82 Å². The molecule has 0 rings (SSSR count). The van der Waals surface area contributed by atoms with Crippen molar-refractivity contribution < 1.29 is 42.1 Å². The van der Waals surface area contributed by atoms with E-state index in [2.05, 4.69) is 86.8 Å². The zero-order valence-electron chi connectivity index (χ0n) is 47.4. The summed E-state index contributed by atoms with van der Waals surface area (Å²) in [4.78, 5) is 37.9. The lowest BCUT2D eigenvalue weighted by molar-refractivity contribution is -0.870. The molecule has 0 aliphatic rings. The fourth-order valence-corrected chi connectivity index (χ4v) is 8.92. The topological polar surface area (TPSA) is 111 Å². The summed E-state index contributed by atoms with van der Waals surface area (Å²) >= 11 is 0. The molecular formula is C62H112NO8P. The summed E-state index contributed by atoms with van der Waals surface area (Å²) in [7, 11) is 1.17. The summed E-state index contributed by atoms with van der Waals surface area (Å²) in [6, 6.07) is 0. The Morgan fingerprint density at radius 3 is 1.18 bits per heavy atom. The second-order valence-electron chi connectivity index (χ2n) is 21.0. The molecule has 0 aliphatic heterocycles. The predicted octanol–water partition coefficient (Wildman–Crippen LogP) is 17.8. The van der Waals surface area contributed by atoms with Crippen molar-refractivity contribution in [3.05, 3.63) is 72.9 Å². The highest BCUT2D eigenvalue weighted by Gasteiger charge is 2.22. The van der Waals surface area contributed by atoms with Crippen molar-refractivity contribution in [1.29, 1.82) is 0 Å². The van der Waals surface area contributed by atoms with E-state index in [1.165, 1.54) is 148 Å². The predicted molar refractivity (Wildman–Crippen MR) is 305 cm³/mol. The number of carbonyl (C=O) groups is 2. The van der Waals surface area contributed by atoms with Crippen molar-refractivity contribution in [3.8, 4) is 0 Å². The first kappa shape index (κ1) is 69.5. The van der Waals surface area contributed by atoms with Crippen molar-refractivity contribution in [1.82, 2.24) is 0 Å². The molecule has 2 unspecified atom stereocenters. The summed E-state index contributed by atoms with van der Waals surface area (Å²) in [6.45, 7) is 4.15. The van der Waals surface area contributed by atoms with E-state index < -0.39 is 26.5 Å². The van der Waals surface area contributed by atoms with Gasteiger partial charge in [-0.05, 0) is 64.2 Å². The minimum atomic E-state index is -4.64. The molecule has 0 saturated heterocycles. The molecule has 2 atom stereocenters. The number of unbranched alkanes of at least 4 members (excludes halogenated alkanes) is 28. The van der Waals surface area contributed by atoms with Crippen molar-refractivity contribution in [2.45, 2.75) is 264 Å². The third kappa shape index (κ3) is 56.7. The molecule has 0 aromatic heterocycles. The number of phosphoric acid groups is 1. The highest BCUT2D eigenvalue weighted by molar-refractivity contribution is 7.45. The van der Waals surface area contributed by atoms with E-state index in [1.54, 1.807) is 0 Å². The Morgan fingerprint density at radius 1 is 0.444 bits per heavy atom. The van der Waals surface area contributed by atoms with Crippen LogP contribution in [0.1, 0.15) is 258 Å². The van der Waals surface area contributed by atoms with Crippen LogP contribution in [0.3, 0.4) is 0 Å². The first-order valence-corrected chi connectivity index (χ1v) is 31.1. The highest BCUT2D eigenvalue weighted by atomic mass is 31.2. The Bertz CT molecular complexity index is 1450. The van der Waals surface area contributed by atoms with Gasteiger partial charge in [0.05, 0.1) is 27.7 Å². The molecule has 0 spiro atoms. The van der Waals surface area contributed by atoms with Gasteiger partial charge in [-0.2, -0.15) is 0 Å². The number of hydrogen-bond acceptors (Lipinski definition) is 8. The molecule has 0 saturated carbocycles. The van der Waals surface area contributed by atoms with Crippen molar-refractivity contribution in [2.24, 2.45) is 0 Å². The van der Waals surface area contributed by atoms with Crippen LogP contribution in [0.2, 0.25) is 0 Å². The van der Waals surface area contributed by atoms with Crippen LogP contribution in [0.15, 0.2) is 72.9 Å². The Labute approximate surface area is 444 Å². The lowest BCUT2D eigenvalue weighted by Gasteiger charge is -2.28. The number of carbonyl (C=O) groups excluding carboxylic acids is 2. The highest BCUT2D eigenvalue weighted by Crippen LogP contribution is 2.38. The summed E-state index contributed by atoms with van der Waals surface area (Å²) < 4.78 is 34.2. The minimum Gasteiger partial charge on any atom is -0.756 e. The third-order valence-electron chi connectivity index (χ3n) is 12.7. The van der Waals surface area contributed by atoms with Crippen molar-refractivity contribution in [3.63, 3.8) is 0 Å². The van der Waals surface area contributed by atoms with Gasteiger partial charge in [0, 0.05) is 12.8 Å². The van der Waals surface area contributed by atoms with Crippen LogP contribution in [-0.4, -0.2) is 70.0 Å². The molecule has 0 aromatic rings. The first-order valence-electron chi connectivity index (χ1n) is 29.6. The zero-order chi connectivity index (χ0) is 52.7. The van der Waals surface area contributed by atoms with Crippen molar-refractivity contribution >= 4 is 19.8 Å². The average Bonchev–Trinajstić information content (AvgIpc) is 3.34. The summed E-state index contributed by atoms with van der Waals surface area (Å²) in [5.74, 6) is -0.828. The SMILES string of the molecule is CC/C=C\C/C=C\C/C=C\C/C=C\C/C=C\C/C=C\CCCCCCCCCCCCCCC(=O)OC(COC(=O)CCCCCCCCCCCCCCCCCCC)COP(=O)([O-])OCC[N+](C)(C)C. The molecule has 0 bridgehead atoms. The van der Waals surface area contributed by atoms with Gasteiger partial charge in [0.25, 0.3) is 7.82 Å². The number of allylic oxidation sites excluding steroid dienone is 12. The van der Waals surface area contributed by atoms with Crippen LogP contribution in [-0.2, 0) is 32.7 Å². The smallest absolute Gasteiger partial charge is 0.306 e. The standard InChI is InChI=1S/C62H112NO8P/c1-6-8-10-12-14-16-18-20-22-24-25-26-27-28-29-30-31-32-33-34-35-36-37-39-41-43-45-47-49-51-53-55-62(65)71-60(59-70-72(66,67)69-57-56-63(3,4)5)58-68-61(64)54-52-50-48-46-44-42-40-38-23-21-19-17-15-13-11-9-7-2/h8,10,14,16,20,22,25-26,28-29,31-32,60H,6-7,9,11-13,15,17-19,21,23-24,27,30,33-59H2,1-5H3/b10-8-,16-14-,22-20-,26-25-,29-28-,32-31-. The summed E-state index contributed by atoms with van der Waals surface area (Å²) in [6.07, 6.45) is 69.4. The van der Waals surface area contributed by atoms with Gasteiger partial charge in [0.15, 0.2) is 6.10 Å². The number of ether oxygens (including phenoxy) is 2. The van der Waals surface area contributed by atoms with E-state index in [0.29, 0.717) is 17.4 Å². The molecule has 0 amide bonds. The minimum absolute atomic E-state index is 0.0318. The normalized spacial score (nSPS) is 13.8. The van der Waals surface area contributed by atoms with Crippen LogP contribution in [0, 0.1) is 0 Å². The van der Waals surface area contributed by atoms with E-state index >= 15 is 0 Å². The maximum Gasteiger partial charge on any atom is 0.306 e. The average molecular weight is 1030 g/mol. The molecule has 72 heavy (non-hydrogen) atoms. The molecule has 10 heteroatoms. The van der Waals surface area contributed by atoms with Gasteiger partial charge >= 0.3 is 11.9 Å². The van der Waals surface area contributed by atoms with Gasteiger partial charge in [-0.25, -0.2) is 0 Å². The van der Waals surface area contributed by atoms with Crippen LogP contribution < -0.4 is 4.89 Å². The Kier molecular flexibility index (Phi) is 51.4. The largest absolute Gasteiger partial charge is 0.756 e. The van der Waals surface area contributed by atoms with Crippen LogP contribution in [0.4, 0.5) is 0 Å². The molecule has 0 aromatic carbocycles. The molecule has 0 aliphatic carbocycles. The van der Waals surface area contributed by atoms with Gasteiger partial charge in [0.2, 0.25) is 0 Å². The Balaban J connectivity index is 4.12. The fraction of sp³-hybridized carbons (Fsp3) is 0.774. The van der Waals surface area contributed by atoms with Crippen LogP contribution in [0.25, 0.3) is 0 Å². The number of quaternary nitrogens is 1. The third-order valence-corrected chi connectivity index (χ3v) is 13.7. The molecule has 0 heterocycles. The van der Waals surface area contributed by atoms with Crippen molar-refractivity contribution in [2.75, 3.05) is 47.5 Å². The number of hydrogen-bond donors (Lipinski definition) is 0. The Morgan fingerprint density at radius 2 is 0.792 bits per heavy atom. The van der Waals surface area contributed by atoms with Crippen LogP contribution in [0.5, 0.6) is 0 Å². The number of rotatable bonds is 54. The summed E-state index contributed by atoms with van der Waals surface area (Å²) in [5.41, 5.74) is 0. The molecule has 9 nitrogen and oxygen atoms in total. The maximum absolute atomic E-state index is 12.8. The van der Waals surface area contributed by atoms with Gasteiger partial charge in [-0.1, -0.05) is 254 Å².